The van der Waals surface area contributed by atoms with Gasteiger partial charge in [0.25, 0.3) is 5.56 Å². The Morgan fingerprint density at radius 3 is 2.17 bits per heavy atom. The van der Waals surface area contributed by atoms with Gasteiger partial charge in [0.1, 0.15) is 10.3 Å². The second-order valence-corrected chi connectivity index (χ2v) is 5.38. The molecule has 0 bridgehead atoms. The molecule has 1 heterocycles. The number of halogens is 1. The maximum atomic E-state index is 11.8. The minimum atomic E-state index is -0.142. The summed E-state index contributed by atoms with van der Waals surface area (Å²) in [5.41, 5.74) is 5.03. The topological polar surface area (TPSA) is 45.8 Å². The molecular weight excluding hydrogens is 292 g/mol. The monoisotopic (exact) mass is 306 g/mol. The van der Waals surface area contributed by atoms with Crippen molar-refractivity contribution in [1.29, 1.82) is 0 Å². The third-order valence-corrected chi connectivity index (χ3v) is 3.88. The van der Waals surface area contributed by atoms with E-state index in [1.807, 2.05) is 20.8 Å². The lowest BCUT2D eigenvalue weighted by Crippen LogP contribution is -2.12. The Morgan fingerprint density at radius 2 is 1.67 bits per heavy atom. The zero-order valence-corrected chi connectivity index (χ0v) is 12.5. The normalized spacial score (nSPS) is 10.7. The van der Waals surface area contributed by atoms with E-state index >= 15 is 0 Å². The van der Waals surface area contributed by atoms with Gasteiger partial charge in [-0.2, -0.15) is 0 Å². The number of aromatic amines is 1. The van der Waals surface area contributed by atoms with Crippen LogP contribution >= 0.6 is 15.9 Å². The van der Waals surface area contributed by atoms with Crippen LogP contribution in [0.5, 0.6) is 0 Å². The average Bonchev–Trinajstić information content (AvgIpc) is 2.24. The second kappa shape index (κ2) is 4.69. The summed E-state index contributed by atoms with van der Waals surface area (Å²) in [5.74, 6) is 0.635. The van der Waals surface area contributed by atoms with Gasteiger partial charge in [-0.15, -0.1) is 0 Å². The maximum Gasteiger partial charge on any atom is 0.265 e. The van der Waals surface area contributed by atoms with E-state index in [2.05, 4.69) is 45.0 Å². The average molecular weight is 307 g/mol. The van der Waals surface area contributed by atoms with Crippen molar-refractivity contribution in [1.82, 2.24) is 9.97 Å². The number of aromatic nitrogens is 2. The molecule has 0 amide bonds. The van der Waals surface area contributed by atoms with Gasteiger partial charge in [-0.25, -0.2) is 4.98 Å². The van der Waals surface area contributed by atoms with Crippen LogP contribution in [0.25, 0.3) is 11.4 Å². The first-order valence-electron chi connectivity index (χ1n) is 5.75. The number of nitrogens with one attached hydrogen (secondary N) is 1. The summed E-state index contributed by atoms with van der Waals surface area (Å²) in [7, 11) is 0. The highest BCUT2D eigenvalue weighted by Gasteiger charge is 2.11. The Hall–Kier alpha value is -1.42. The van der Waals surface area contributed by atoms with Crippen LogP contribution in [-0.4, -0.2) is 9.97 Å². The molecule has 2 aromatic rings. The second-order valence-electron chi connectivity index (χ2n) is 4.59. The Morgan fingerprint density at radius 1 is 1.11 bits per heavy atom. The van der Waals surface area contributed by atoms with Gasteiger partial charge in [-0.3, -0.25) is 4.79 Å². The molecule has 1 aromatic carbocycles. The molecule has 0 saturated heterocycles. The minimum absolute atomic E-state index is 0.142. The lowest BCUT2D eigenvalue weighted by atomic mass is 9.99. The van der Waals surface area contributed by atoms with Crippen molar-refractivity contribution in [2.24, 2.45) is 0 Å². The van der Waals surface area contributed by atoms with Crippen LogP contribution < -0.4 is 5.56 Å². The first kappa shape index (κ1) is 13.0. The molecule has 0 radical (unpaired) electrons. The van der Waals surface area contributed by atoms with Crippen LogP contribution in [0.1, 0.15) is 22.4 Å². The quantitative estimate of drug-likeness (QED) is 0.877. The van der Waals surface area contributed by atoms with Gasteiger partial charge in [-0.05, 0) is 54.8 Å². The Bertz CT molecular complexity index is 651. The van der Waals surface area contributed by atoms with Gasteiger partial charge in [0, 0.05) is 5.56 Å². The van der Waals surface area contributed by atoms with Gasteiger partial charge < -0.3 is 4.98 Å². The summed E-state index contributed by atoms with van der Waals surface area (Å²) in [6.07, 6.45) is 0. The highest BCUT2D eigenvalue weighted by molar-refractivity contribution is 9.10. The summed E-state index contributed by atoms with van der Waals surface area (Å²) in [6.45, 7) is 7.95. The fourth-order valence-corrected chi connectivity index (χ4v) is 2.43. The number of hydrogen-bond donors (Lipinski definition) is 1. The van der Waals surface area contributed by atoms with Crippen LogP contribution in [0.3, 0.4) is 0 Å². The molecule has 1 N–H and O–H groups in total. The fraction of sp³-hybridized carbons (Fsp3) is 0.286. The summed E-state index contributed by atoms with van der Waals surface area (Å²) in [4.78, 5) is 19.1. The summed E-state index contributed by atoms with van der Waals surface area (Å²) < 4.78 is 0.494. The van der Waals surface area contributed by atoms with E-state index in [1.54, 1.807) is 0 Å². The number of aryl methyl sites for hydroxylation is 4. The highest BCUT2D eigenvalue weighted by Crippen LogP contribution is 2.25. The standard InChI is InChI=1S/C14H15BrN2O/c1-7-5-8(2)11(9(3)6-7)13-16-10(4)12(15)14(18)17-13/h5-6H,1-4H3,(H,16,17,18). The molecule has 3 nitrogen and oxygen atoms in total. The largest absolute Gasteiger partial charge is 0.306 e. The van der Waals surface area contributed by atoms with E-state index in [0.29, 0.717) is 16.0 Å². The Labute approximate surface area is 114 Å². The molecule has 2 rings (SSSR count). The van der Waals surface area contributed by atoms with Crippen molar-refractivity contribution in [3.63, 3.8) is 0 Å². The van der Waals surface area contributed by atoms with Crippen LogP contribution in [0.15, 0.2) is 21.4 Å². The Balaban J connectivity index is 2.74. The van der Waals surface area contributed by atoms with Gasteiger partial charge in [-0.1, -0.05) is 17.7 Å². The first-order chi connectivity index (χ1) is 8.40. The molecule has 0 atom stereocenters. The first-order valence-corrected chi connectivity index (χ1v) is 6.54. The van der Waals surface area contributed by atoms with Crippen molar-refractivity contribution < 1.29 is 0 Å². The number of hydrogen-bond acceptors (Lipinski definition) is 2. The third kappa shape index (κ3) is 2.25. The van der Waals surface area contributed by atoms with Crippen molar-refractivity contribution in [2.45, 2.75) is 27.7 Å². The minimum Gasteiger partial charge on any atom is -0.306 e. The molecule has 18 heavy (non-hydrogen) atoms. The highest BCUT2D eigenvalue weighted by atomic mass is 79.9. The molecule has 0 unspecified atom stereocenters. The summed E-state index contributed by atoms with van der Waals surface area (Å²) in [6, 6.07) is 4.19. The van der Waals surface area contributed by atoms with E-state index in [-0.39, 0.29) is 5.56 Å². The zero-order valence-electron chi connectivity index (χ0n) is 10.9. The smallest absolute Gasteiger partial charge is 0.265 e. The molecule has 0 aliphatic carbocycles. The number of H-pyrrole nitrogens is 1. The van der Waals surface area contributed by atoms with Gasteiger partial charge >= 0.3 is 0 Å². The predicted molar refractivity (Wildman–Crippen MR) is 76.9 cm³/mol. The molecule has 0 fully saturated rings. The zero-order chi connectivity index (χ0) is 13.4. The third-order valence-electron chi connectivity index (χ3n) is 2.94. The number of nitrogens with zero attached hydrogens (tertiary/aromatic N) is 1. The van der Waals surface area contributed by atoms with Gasteiger partial charge in [0.2, 0.25) is 0 Å². The van der Waals surface area contributed by atoms with Crippen LogP contribution in [-0.2, 0) is 0 Å². The van der Waals surface area contributed by atoms with Gasteiger partial charge in [0.05, 0.1) is 5.69 Å². The number of benzene rings is 1. The van der Waals surface area contributed by atoms with Crippen LogP contribution in [0.4, 0.5) is 0 Å². The summed E-state index contributed by atoms with van der Waals surface area (Å²) >= 11 is 3.23. The SMILES string of the molecule is Cc1cc(C)c(-c2nc(C)c(Br)c(=O)[nH]2)c(C)c1. The molecule has 0 aliphatic rings. The van der Waals surface area contributed by atoms with Gasteiger partial charge in [0.15, 0.2) is 0 Å². The predicted octanol–water partition coefficient (Wildman–Crippen LogP) is 3.43. The molecular formula is C14H15BrN2O. The van der Waals surface area contributed by atoms with E-state index in [1.165, 1.54) is 5.56 Å². The molecule has 1 aromatic heterocycles. The number of rotatable bonds is 1. The van der Waals surface area contributed by atoms with E-state index < -0.39 is 0 Å². The van der Waals surface area contributed by atoms with E-state index in [9.17, 15) is 4.79 Å². The van der Waals surface area contributed by atoms with Crippen molar-refractivity contribution in [2.75, 3.05) is 0 Å². The molecule has 0 saturated carbocycles. The Kier molecular flexibility index (Phi) is 3.39. The van der Waals surface area contributed by atoms with E-state index in [0.717, 1.165) is 16.7 Å². The molecule has 0 aliphatic heterocycles. The van der Waals surface area contributed by atoms with Crippen molar-refractivity contribution >= 4 is 15.9 Å². The summed E-state index contributed by atoms with van der Waals surface area (Å²) in [5, 5.41) is 0. The molecule has 4 heteroatoms. The lowest BCUT2D eigenvalue weighted by Gasteiger charge is -2.11. The lowest BCUT2D eigenvalue weighted by molar-refractivity contribution is 1.05. The van der Waals surface area contributed by atoms with Crippen LogP contribution in [0, 0.1) is 27.7 Å². The molecule has 0 spiro atoms. The fourth-order valence-electron chi connectivity index (χ4n) is 2.24. The van der Waals surface area contributed by atoms with Crippen molar-refractivity contribution in [3.05, 3.63) is 49.3 Å². The van der Waals surface area contributed by atoms with Crippen molar-refractivity contribution in [3.8, 4) is 11.4 Å². The van der Waals surface area contributed by atoms with Crippen LogP contribution in [0.2, 0.25) is 0 Å². The maximum absolute atomic E-state index is 11.8. The molecule has 94 valence electrons. The van der Waals surface area contributed by atoms with E-state index in [4.69, 9.17) is 0 Å².